The molecule has 0 aromatic heterocycles. The summed E-state index contributed by atoms with van der Waals surface area (Å²) in [7, 11) is 0.137. The van der Waals surface area contributed by atoms with E-state index in [0.717, 1.165) is 23.1 Å². The van der Waals surface area contributed by atoms with Crippen molar-refractivity contribution in [2.24, 2.45) is 0 Å². The van der Waals surface area contributed by atoms with Gasteiger partial charge in [-0.25, -0.2) is 0 Å². The first-order valence-electron chi connectivity index (χ1n) is 11.7. The molecule has 0 heterocycles. The second kappa shape index (κ2) is 13.3. The van der Waals surface area contributed by atoms with E-state index in [1.54, 1.807) is 36.4 Å². The second-order valence-corrected chi connectivity index (χ2v) is 10.7. The molecule has 0 saturated carbocycles. The van der Waals surface area contributed by atoms with Crippen molar-refractivity contribution in [2.75, 3.05) is 33.9 Å². The lowest BCUT2D eigenvalue weighted by Gasteiger charge is -2.20. The number of benzene rings is 3. The summed E-state index contributed by atoms with van der Waals surface area (Å²) in [6.45, 7) is 1.86. The molecule has 0 fully saturated rings. The van der Waals surface area contributed by atoms with Gasteiger partial charge in [0, 0.05) is 17.2 Å². The summed E-state index contributed by atoms with van der Waals surface area (Å²) in [6, 6.07) is 26.0. The van der Waals surface area contributed by atoms with Crippen LogP contribution in [0.2, 0.25) is 0 Å². The smallest absolute Gasteiger partial charge is 0.259 e. The molecule has 0 aliphatic heterocycles. The molecule has 0 spiro atoms. The van der Waals surface area contributed by atoms with Crippen LogP contribution in [0.25, 0.3) is 0 Å². The average molecular weight is 493 g/mol. The summed E-state index contributed by atoms with van der Waals surface area (Å²) >= 11 is 0. The van der Waals surface area contributed by atoms with Crippen molar-refractivity contribution in [1.29, 1.82) is 5.26 Å². The quantitative estimate of drug-likeness (QED) is 0.285. The van der Waals surface area contributed by atoms with Gasteiger partial charge >= 0.3 is 0 Å². The topological polar surface area (TPSA) is 82.8 Å². The first kappa shape index (κ1) is 26.8. The number of aryl methyl sites for hydroxylation is 1. The first-order chi connectivity index (χ1) is 16.9. The first-order valence-corrected chi connectivity index (χ1v) is 13.4. The van der Waals surface area contributed by atoms with Crippen LogP contribution in [-0.2, 0) is 27.1 Å². The van der Waals surface area contributed by atoms with Crippen LogP contribution in [0.15, 0.2) is 78.9 Å². The van der Waals surface area contributed by atoms with Crippen LogP contribution in [0, 0.1) is 11.3 Å². The van der Waals surface area contributed by atoms with Gasteiger partial charge in [-0.05, 0) is 61.8 Å². The van der Waals surface area contributed by atoms with Gasteiger partial charge in [0.25, 0.3) is 7.37 Å². The van der Waals surface area contributed by atoms with E-state index in [-0.39, 0.29) is 6.04 Å². The van der Waals surface area contributed by atoms with Crippen molar-refractivity contribution in [3.8, 4) is 6.07 Å². The number of ether oxygens (including phenoxy) is 2. The van der Waals surface area contributed by atoms with Crippen molar-refractivity contribution < 1.29 is 18.9 Å². The summed E-state index contributed by atoms with van der Waals surface area (Å²) in [4.78, 5) is 12.7. The third kappa shape index (κ3) is 7.35. The van der Waals surface area contributed by atoms with E-state index in [1.807, 2.05) is 61.5 Å². The maximum atomic E-state index is 13.2. The molecule has 35 heavy (non-hydrogen) atoms. The van der Waals surface area contributed by atoms with Gasteiger partial charge in [-0.15, -0.1) is 0 Å². The molecule has 2 unspecified atom stereocenters. The van der Waals surface area contributed by atoms with Gasteiger partial charge in [0.15, 0.2) is 0 Å². The van der Waals surface area contributed by atoms with E-state index < -0.39 is 7.37 Å². The largest absolute Gasteiger partial charge is 0.379 e. The van der Waals surface area contributed by atoms with Crippen LogP contribution in [-0.4, -0.2) is 43.7 Å². The standard InChI is InChI=1S/C28H33N2O4P/c1-30(2)27(21-29)26-16-8-6-12-24(26)22-34-20-19-33-18-10-13-23-11-7-9-17-28(23)35(31,32)25-14-4-3-5-15-25/h3-9,11-12,14-17,27H,10,13,18-20,22H2,1-2H3,(H,31,32). The van der Waals surface area contributed by atoms with Crippen molar-refractivity contribution in [3.63, 3.8) is 0 Å². The van der Waals surface area contributed by atoms with Crippen LogP contribution < -0.4 is 10.6 Å². The van der Waals surface area contributed by atoms with E-state index in [9.17, 15) is 14.7 Å². The summed E-state index contributed by atoms with van der Waals surface area (Å²) < 4.78 is 24.7. The number of hydrogen-bond acceptors (Lipinski definition) is 5. The highest BCUT2D eigenvalue weighted by atomic mass is 31.2. The molecule has 7 heteroatoms. The van der Waals surface area contributed by atoms with Gasteiger partial charge in [-0.2, -0.15) is 5.26 Å². The number of rotatable bonds is 13. The van der Waals surface area contributed by atoms with Crippen LogP contribution in [0.3, 0.4) is 0 Å². The zero-order chi connectivity index (χ0) is 25.1. The lowest BCUT2D eigenvalue weighted by Crippen LogP contribution is -2.20. The van der Waals surface area contributed by atoms with Crippen molar-refractivity contribution in [1.82, 2.24) is 4.90 Å². The van der Waals surface area contributed by atoms with Crippen molar-refractivity contribution in [3.05, 3.63) is 95.6 Å². The zero-order valence-electron chi connectivity index (χ0n) is 20.3. The van der Waals surface area contributed by atoms with E-state index in [4.69, 9.17) is 9.47 Å². The van der Waals surface area contributed by atoms with Gasteiger partial charge in [0.05, 0.1) is 25.9 Å². The molecule has 6 nitrogen and oxygen atoms in total. The summed E-state index contributed by atoms with van der Waals surface area (Å²) in [5, 5.41) is 10.4. The fourth-order valence-corrected chi connectivity index (χ4v) is 5.67. The molecular formula is C28H33N2O4P. The fourth-order valence-electron chi connectivity index (χ4n) is 3.95. The number of nitriles is 1. The molecule has 184 valence electrons. The van der Waals surface area contributed by atoms with Gasteiger partial charge in [0.1, 0.15) is 6.04 Å². The Kier molecular flexibility index (Phi) is 10.2. The third-order valence-electron chi connectivity index (χ3n) is 5.78. The van der Waals surface area contributed by atoms with E-state index in [2.05, 4.69) is 6.07 Å². The predicted molar refractivity (Wildman–Crippen MR) is 139 cm³/mol. The normalized spacial score (nSPS) is 13.8. The van der Waals surface area contributed by atoms with E-state index in [1.165, 1.54) is 0 Å². The van der Waals surface area contributed by atoms with Crippen LogP contribution >= 0.6 is 7.37 Å². The lowest BCUT2D eigenvalue weighted by molar-refractivity contribution is 0.0395. The molecule has 0 aliphatic rings. The molecule has 0 saturated heterocycles. The highest BCUT2D eigenvalue weighted by Crippen LogP contribution is 2.39. The molecule has 0 radical (unpaired) electrons. The molecule has 0 aliphatic carbocycles. The highest BCUT2D eigenvalue weighted by Gasteiger charge is 2.26. The monoisotopic (exact) mass is 492 g/mol. The third-order valence-corrected chi connectivity index (χ3v) is 7.86. The Balaban J connectivity index is 1.43. The minimum atomic E-state index is -3.64. The maximum absolute atomic E-state index is 13.2. The van der Waals surface area contributed by atoms with Gasteiger partial charge in [0.2, 0.25) is 0 Å². The van der Waals surface area contributed by atoms with Gasteiger partial charge < -0.3 is 14.4 Å². The number of nitrogens with zero attached hydrogens (tertiary/aromatic N) is 2. The summed E-state index contributed by atoms with van der Waals surface area (Å²) in [5.41, 5.74) is 2.82. The average Bonchev–Trinajstić information content (AvgIpc) is 2.87. The second-order valence-electron chi connectivity index (χ2n) is 8.50. The van der Waals surface area contributed by atoms with Gasteiger partial charge in [-0.3, -0.25) is 9.46 Å². The fraction of sp³-hybridized carbons (Fsp3) is 0.321. The van der Waals surface area contributed by atoms with E-state index in [0.29, 0.717) is 43.5 Å². The Labute approximate surface area is 208 Å². The molecular weight excluding hydrogens is 459 g/mol. The Bertz CT molecular complexity index is 1160. The van der Waals surface area contributed by atoms with Crippen molar-refractivity contribution >= 4 is 18.0 Å². The molecule has 1 N–H and O–H groups in total. The lowest BCUT2D eigenvalue weighted by atomic mass is 10.0. The SMILES string of the molecule is CN(C)C(C#N)c1ccccc1COCCOCCCc1ccccc1P(=O)(O)c1ccccc1. The zero-order valence-corrected chi connectivity index (χ0v) is 21.2. The molecule has 3 aromatic carbocycles. The Morgan fingerprint density at radius 1 is 0.886 bits per heavy atom. The Morgan fingerprint density at radius 2 is 1.51 bits per heavy atom. The molecule has 0 amide bonds. The molecule has 0 bridgehead atoms. The maximum Gasteiger partial charge on any atom is 0.259 e. The van der Waals surface area contributed by atoms with E-state index >= 15 is 0 Å². The van der Waals surface area contributed by atoms with Crippen LogP contribution in [0.1, 0.15) is 29.2 Å². The number of hydrogen-bond donors (Lipinski definition) is 1. The molecule has 2 atom stereocenters. The molecule has 3 aromatic rings. The minimum Gasteiger partial charge on any atom is -0.379 e. The summed E-state index contributed by atoms with van der Waals surface area (Å²) in [6.07, 6.45) is 1.39. The minimum absolute atomic E-state index is 0.315. The molecule has 3 rings (SSSR count). The van der Waals surface area contributed by atoms with Crippen molar-refractivity contribution in [2.45, 2.75) is 25.5 Å². The van der Waals surface area contributed by atoms with Crippen LogP contribution in [0.5, 0.6) is 0 Å². The predicted octanol–water partition coefficient (Wildman–Crippen LogP) is 4.20. The summed E-state index contributed by atoms with van der Waals surface area (Å²) in [5.74, 6) is 0. The van der Waals surface area contributed by atoms with Crippen LogP contribution in [0.4, 0.5) is 0 Å². The highest BCUT2D eigenvalue weighted by molar-refractivity contribution is 7.73. The van der Waals surface area contributed by atoms with Gasteiger partial charge in [-0.1, -0.05) is 60.7 Å². The Hall–Kier alpha value is -2.78. The Morgan fingerprint density at radius 3 is 2.23 bits per heavy atom.